The molecule has 5 heteroatoms. The molecule has 2 aromatic rings. The number of hydrogen-bond donors (Lipinski definition) is 0. The monoisotopic (exact) mass is 671 g/mol. The third-order valence-electron chi connectivity index (χ3n) is 13.4. The molecule has 3 fully saturated rings. The topological polar surface area (TPSA) is 46.6 Å². The molecular weight excluding hydrogens is 609 g/mol. The van der Waals surface area contributed by atoms with Crippen LogP contribution in [-0.4, -0.2) is 41.4 Å². The maximum absolute atomic E-state index is 15.5. The number of ketones is 1. The summed E-state index contributed by atoms with van der Waals surface area (Å²) in [7, 11) is 0. The molecule has 0 bridgehead atoms. The van der Waals surface area contributed by atoms with E-state index in [1.54, 1.807) is 6.07 Å². The Balaban J connectivity index is 1.10. The number of carbonyl (C=O) groups excluding carboxylic acids is 2. The van der Waals surface area contributed by atoms with Crippen molar-refractivity contribution in [3.05, 3.63) is 70.0 Å². The molecule has 0 amide bonds. The van der Waals surface area contributed by atoms with Crippen molar-refractivity contribution in [2.24, 2.45) is 23.2 Å². The van der Waals surface area contributed by atoms with Gasteiger partial charge in [-0.1, -0.05) is 57.5 Å². The molecule has 0 aromatic heterocycles. The Labute approximate surface area is 296 Å². The second kappa shape index (κ2) is 15.4. The number of nitrogens with zero attached hydrogens (tertiary/aromatic N) is 1. The molecule has 0 N–H and O–H groups in total. The Morgan fingerprint density at radius 2 is 1.69 bits per heavy atom. The van der Waals surface area contributed by atoms with Gasteiger partial charge in [0.2, 0.25) is 0 Å². The van der Waals surface area contributed by atoms with Crippen molar-refractivity contribution in [1.29, 1.82) is 0 Å². The van der Waals surface area contributed by atoms with Gasteiger partial charge in [-0.15, -0.1) is 0 Å². The number of aryl methyl sites for hydroxylation is 3. The van der Waals surface area contributed by atoms with E-state index in [1.807, 2.05) is 19.9 Å². The second-order valence-electron chi connectivity index (χ2n) is 17.1. The van der Waals surface area contributed by atoms with Crippen molar-refractivity contribution in [2.45, 2.75) is 155 Å². The van der Waals surface area contributed by atoms with Gasteiger partial charge in [0.1, 0.15) is 23.2 Å². The molecule has 0 radical (unpaired) electrons. The first-order valence-electron chi connectivity index (χ1n) is 19.9. The minimum absolute atomic E-state index is 0.0223. The number of Topliss-reactive ketones (excluding diaryl/α,β-unsaturated/α-hetero) is 1. The normalized spacial score (nSPS) is 25.0. The van der Waals surface area contributed by atoms with Gasteiger partial charge in [0.15, 0.2) is 0 Å². The lowest BCUT2D eigenvalue weighted by Gasteiger charge is -2.38. The summed E-state index contributed by atoms with van der Waals surface area (Å²) in [6, 6.07) is 12.3. The average molecular weight is 672 g/mol. The number of halogens is 1. The highest BCUT2D eigenvalue weighted by atomic mass is 19.1. The fourth-order valence-electron chi connectivity index (χ4n) is 9.27. The lowest BCUT2D eigenvalue weighted by Crippen LogP contribution is -2.49. The number of benzene rings is 2. The van der Waals surface area contributed by atoms with E-state index < -0.39 is 5.60 Å². The van der Waals surface area contributed by atoms with Gasteiger partial charge in [0.05, 0.1) is 0 Å². The molecule has 1 saturated heterocycles. The van der Waals surface area contributed by atoms with E-state index in [1.165, 1.54) is 36.0 Å². The van der Waals surface area contributed by atoms with Crippen LogP contribution in [0.1, 0.15) is 145 Å². The highest BCUT2D eigenvalue weighted by Gasteiger charge is 2.48. The van der Waals surface area contributed by atoms with Gasteiger partial charge in [-0.25, -0.2) is 4.39 Å². The van der Waals surface area contributed by atoms with Crippen molar-refractivity contribution in [1.82, 2.24) is 4.90 Å². The van der Waals surface area contributed by atoms with Crippen LogP contribution in [0.3, 0.4) is 0 Å². The fourth-order valence-corrected chi connectivity index (χ4v) is 9.27. The summed E-state index contributed by atoms with van der Waals surface area (Å²) in [4.78, 5) is 30.3. The zero-order valence-electron chi connectivity index (χ0n) is 31.1. The van der Waals surface area contributed by atoms with Crippen LogP contribution in [0.25, 0.3) is 0 Å². The summed E-state index contributed by atoms with van der Waals surface area (Å²) < 4.78 is 21.6. The SMILES string of the molecule is CCc1ccc([C@@H]2CCCC(C3(C)CC3)C[C@H]2C(=O)CCC2CCN([C@@H](Cc3ccc4c(c3)CCC4)C(=O)OC(C)(C)CC)CC2)c(F)c1. The maximum Gasteiger partial charge on any atom is 0.324 e. The first-order chi connectivity index (χ1) is 23.5. The molecule has 1 unspecified atom stereocenters. The molecule has 3 aliphatic carbocycles. The van der Waals surface area contributed by atoms with Crippen LogP contribution in [0.15, 0.2) is 36.4 Å². The van der Waals surface area contributed by atoms with Crippen LogP contribution < -0.4 is 0 Å². The summed E-state index contributed by atoms with van der Waals surface area (Å²) in [6.45, 7) is 12.2. The van der Waals surface area contributed by atoms with Gasteiger partial charge in [0.25, 0.3) is 0 Å². The molecule has 4 atom stereocenters. The summed E-state index contributed by atoms with van der Waals surface area (Å²) in [6.07, 6.45) is 15.8. The molecule has 1 aliphatic heterocycles. The average Bonchev–Trinajstić information content (AvgIpc) is 3.74. The minimum atomic E-state index is -0.487. The van der Waals surface area contributed by atoms with Gasteiger partial charge in [-0.05, 0) is 174 Å². The minimum Gasteiger partial charge on any atom is -0.459 e. The maximum atomic E-state index is 15.5. The van der Waals surface area contributed by atoms with Crippen molar-refractivity contribution in [3.63, 3.8) is 0 Å². The summed E-state index contributed by atoms with van der Waals surface area (Å²) in [5, 5.41) is 0. The zero-order chi connectivity index (χ0) is 34.8. The lowest BCUT2D eigenvalue weighted by molar-refractivity contribution is -0.164. The first-order valence-corrected chi connectivity index (χ1v) is 19.9. The van der Waals surface area contributed by atoms with Crippen LogP contribution in [0.2, 0.25) is 0 Å². The van der Waals surface area contributed by atoms with Crippen molar-refractivity contribution < 1.29 is 18.7 Å². The van der Waals surface area contributed by atoms with Gasteiger partial charge in [0, 0.05) is 12.3 Å². The van der Waals surface area contributed by atoms with Crippen LogP contribution >= 0.6 is 0 Å². The zero-order valence-corrected chi connectivity index (χ0v) is 31.1. The predicted octanol–water partition coefficient (Wildman–Crippen LogP) is 9.97. The molecule has 49 heavy (non-hydrogen) atoms. The van der Waals surface area contributed by atoms with Crippen LogP contribution in [0.5, 0.6) is 0 Å². The quantitative estimate of drug-likeness (QED) is 0.157. The second-order valence-corrected chi connectivity index (χ2v) is 17.1. The van der Waals surface area contributed by atoms with Crippen LogP contribution in [0, 0.1) is 29.0 Å². The lowest BCUT2D eigenvalue weighted by atomic mass is 9.74. The van der Waals surface area contributed by atoms with Crippen molar-refractivity contribution in [2.75, 3.05) is 13.1 Å². The number of fused-ring (bicyclic) bond motifs is 1. The van der Waals surface area contributed by atoms with E-state index in [9.17, 15) is 9.59 Å². The molecule has 2 saturated carbocycles. The summed E-state index contributed by atoms with van der Waals surface area (Å²) in [5.41, 5.74) is 5.78. The number of likely N-dealkylation sites (tertiary alicyclic amines) is 1. The number of hydrogen-bond acceptors (Lipinski definition) is 4. The Bertz CT molecular complexity index is 1470. The van der Waals surface area contributed by atoms with Crippen molar-refractivity contribution >= 4 is 11.8 Å². The van der Waals surface area contributed by atoms with Crippen molar-refractivity contribution in [3.8, 4) is 0 Å². The van der Waals surface area contributed by atoms with Crippen LogP contribution in [-0.2, 0) is 40.0 Å². The van der Waals surface area contributed by atoms with Gasteiger partial charge in [-0.3, -0.25) is 14.5 Å². The number of piperidine rings is 1. The standard InChI is InChI=1S/C44H62FNO3/c1-6-30-15-18-37(39(45)27-30)36-13-9-12-35(44(5)22-23-44)29-38(36)41(47)19-16-31-20-24-46(25-21-31)40(42(48)49-43(3,4)7-2)28-32-14-17-33-10-8-11-34(33)26-32/h14-15,17-18,26-27,31,35-36,38,40H,6-13,16,19-25,28-29H2,1-5H3/t35?,36-,38+,40-/m0/s1. The van der Waals surface area contributed by atoms with E-state index in [0.29, 0.717) is 35.9 Å². The van der Waals surface area contributed by atoms with Gasteiger partial charge < -0.3 is 4.74 Å². The highest BCUT2D eigenvalue weighted by Crippen LogP contribution is 2.57. The molecule has 0 spiro atoms. The fraction of sp³-hybridized carbons (Fsp3) is 0.682. The van der Waals surface area contributed by atoms with Crippen LogP contribution in [0.4, 0.5) is 4.39 Å². The largest absolute Gasteiger partial charge is 0.459 e. The Kier molecular flexibility index (Phi) is 11.4. The van der Waals surface area contributed by atoms with E-state index in [-0.39, 0.29) is 29.7 Å². The molecule has 4 nitrogen and oxygen atoms in total. The molecular formula is C44H62FNO3. The summed E-state index contributed by atoms with van der Waals surface area (Å²) in [5.74, 6) is 1.02. The molecule has 268 valence electrons. The third kappa shape index (κ3) is 8.68. The number of rotatable bonds is 13. The van der Waals surface area contributed by atoms with E-state index in [4.69, 9.17) is 4.74 Å². The Morgan fingerprint density at radius 1 is 0.959 bits per heavy atom. The predicted molar refractivity (Wildman–Crippen MR) is 196 cm³/mol. The summed E-state index contributed by atoms with van der Waals surface area (Å²) >= 11 is 0. The van der Waals surface area contributed by atoms with Gasteiger partial charge >= 0.3 is 5.97 Å². The molecule has 2 aromatic carbocycles. The Hall–Kier alpha value is -2.53. The first kappa shape index (κ1) is 36.3. The van der Waals surface area contributed by atoms with E-state index in [2.05, 4.69) is 49.9 Å². The van der Waals surface area contributed by atoms with E-state index >= 15 is 4.39 Å². The Morgan fingerprint density at radius 3 is 2.39 bits per heavy atom. The third-order valence-corrected chi connectivity index (χ3v) is 13.4. The van der Waals surface area contributed by atoms with Gasteiger partial charge in [-0.2, -0.15) is 0 Å². The molecule has 1 heterocycles. The molecule has 6 rings (SSSR count). The number of carbonyl (C=O) groups is 2. The number of ether oxygens (including phenoxy) is 1. The van der Waals surface area contributed by atoms with E-state index in [0.717, 1.165) is 94.8 Å². The smallest absolute Gasteiger partial charge is 0.324 e. The molecule has 4 aliphatic rings. The highest BCUT2D eigenvalue weighted by molar-refractivity contribution is 5.82. The number of esters is 1.